The first-order valence-corrected chi connectivity index (χ1v) is 9.45. The zero-order valence-electron chi connectivity index (χ0n) is 13.1. The monoisotopic (exact) mass is 370 g/mol. The molecule has 5 nitrogen and oxygen atoms in total. The molecule has 0 fully saturated rings. The third-order valence-electron chi connectivity index (χ3n) is 3.75. The van der Waals surface area contributed by atoms with Crippen LogP contribution >= 0.6 is 23.1 Å². The van der Waals surface area contributed by atoms with Crippen molar-refractivity contribution < 1.29 is 14.3 Å². The van der Waals surface area contributed by atoms with Gasteiger partial charge in [-0.2, -0.15) is 0 Å². The van der Waals surface area contributed by atoms with Gasteiger partial charge in [-0.05, 0) is 24.3 Å². The van der Waals surface area contributed by atoms with Crippen LogP contribution in [0.5, 0.6) is 0 Å². The molecule has 2 heterocycles. The van der Waals surface area contributed by atoms with Crippen molar-refractivity contribution in [1.82, 2.24) is 4.98 Å². The number of rotatable bonds is 4. The Morgan fingerprint density at radius 3 is 2.84 bits per heavy atom. The molecule has 7 heteroatoms. The molecule has 0 unspecified atom stereocenters. The molecule has 2 aromatic carbocycles. The summed E-state index contributed by atoms with van der Waals surface area (Å²) in [5, 5.41) is 3.11. The Hall–Kier alpha value is -2.38. The number of para-hydroxylation sites is 2. The molecule has 1 amide bonds. The van der Waals surface area contributed by atoms with E-state index >= 15 is 0 Å². The molecule has 0 saturated carbocycles. The van der Waals surface area contributed by atoms with Crippen LogP contribution < -0.4 is 5.32 Å². The van der Waals surface area contributed by atoms with Gasteiger partial charge in [-0.3, -0.25) is 9.59 Å². The molecule has 1 aliphatic heterocycles. The van der Waals surface area contributed by atoms with Crippen molar-refractivity contribution in [2.45, 2.75) is 23.2 Å². The van der Waals surface area contributed by atoms with Gasteiger partial charge < -0.3 is 10.1 Å². The van der Waals surface area contributed by atoms with Gasteiger partial charge in [-0.25, -0.2) is 4.98 Å². The third-order valence-corrected chi connectivity index (χ3v) is 6.04. The molecule has 0 saturated heterocycles. The van der Waals surface area contributed by atoms with Crippen LogP contribution in [0.3, 0.4) is 0 Å². The van der Waals surface area contributed by atoms with E-state index in [-0.39, 0.29) is 18.9 Å². The first-order chi connectivity index (χ1) is 12.2. The smallest absolute Gasteiger partial charge is 0.307 e. The lowest BCUT2D eigenvalue weighted by Gasteiger charge is -2.23. The van der Waals surface area contributed by atoms with Gasteiger partial charge in [0.05, 0.1) is 27.6 Å². The van der Waals surface area contributed by atoms with Gasteiger partial charge in [0.2, 0.25) is 5.91 Å². The van der Waals surface area contributed by atoms with Gasteiger partial charge in [0.1, 0.15) is 11.6 Å². The molecular weight excluding hydrogens is 356 g/mol. The van der Waals surface area contributed by atoms with Crippen molar-refractivity contribution in [3.63, 3.8) is 0 Å². The van der Waals surface area contributed by atoms with E-state index in [1.165, 1.54) is 23.1 Å². The van der Waals surface area contributed by atoms with E-state index in [0.29, 0.717) is 0 Å². The van der Waals surface area contributed by atoms with E-state index in [2.05, 4.69) is 10.3 Å². The Morgan fingerprint density at radius 2 is 1.96 bits per heavy atom. The summed E-state index contributed by atoms with van der Waals surface area (Å²) in [7, 11) is 0. The average molecular weight is 370 g/mol. The van der Waals surface area contributed by atoms with Gasteiger partial charge in [-0.1, -0.05) is 24.3 Å². The molecule has 1 N–H and O–H groups in total. The van der Waals surface area contributed by atoms with Crippen molar-refractivity contribution in [2.24, 2.45) is 0 Å². The summed E-state index contributed by atoms with van der Waals surface area (Å²) in [6.45, 7) is 0.133. The minimum absolute atomic E-state index is 0.0374. The van der Waals surface area contributed by atoms with Crippen molar-refractivity contribution in [1.29, 1.82) is 0 Å². The SMILES string of the molecule is O=C(C[C@H]1Sc2ccccc2NC1=O)OCc1nc2ccccc2s1. The number of nitrogens with zero attached hydrogens (tertiary/aromatic N) is 1. The molecule has 1 aromatic heterocycles. The van der Waals surface area contributed by atoms with Crippen LogP contribution in [0.2, 0.25) is 0 Å². The van der Waals surface area contributed by atoms with Crippen LogP contribution in [0.4, 0.5) is 5.69 Å². The number of benzene rings is 2. The fraction of sp³-hybridized carbons (Fsp3) is 0.167. The van der Waals surface area contributed by atoms with E-state index in [1.807, 2.05) is 48.5 Å². The Labute approximate surface area is 152 Å². The highest BCUT2D eigenvalue weighted by molar-refractivity contribution is 8.01. The standard InChI is InChI=1S/C18H14N2O3S2/c21-17(23-10-16-19-11-5-1-4-8-14(11)25-16)9-15-18(22)20-12-6-2-3-7-13(12)24-15/h1-8,15H,9-10H2,(H,20,22)/t15-/m1/s1. The maximum absolute atomic E-state index is 12.1. The van der Waals surface area contributed by atoms with E-state index in [9.17, 15) is 9.59 Å². The number of fused-ring (bicyclic) bond motifs is 2. The third kappa shape index (κ3) is 3.52. The maximum Gasteiger partial charge on any atom is 0.307 e. The minimum Gasteiger partial charge on any atom is -0.458 e. The molecule has 126 valence electrons. The van der Waals surface area contributed by atoms with Gasteiger partial charge in [0.15, 0.2) is 0 Å². The highest BCUT2D eigenvalue weighted by Crippen LogP contribution is 2.36. The summed E-state index contributed by atoms with van der Waals surface area (Å²) in [4.78, 5) is 29.6. The second-order valence-electron chi connectivity index (χ2n) is 5.53. The number of aromatic nitrogens is 1. The predicted octanol–water partition coefficient (Wildman–Crippen LogP) is 3.84. The molecule has 0 spiro atoms. The number of ether oxygens (including phenoxy) is 1. The highest BCUT2D eigenvalue weighted by atomic mass is 32.2. The van der Waals surface area contributed by atoms with Crippen LogP contribution in [0.25, 0.3) is 10.2 Å². The Morgan fingerprint density at radius 1 is 1.16 bits per heavy atom. The van der Waals surface area contributed by atoms with E-state index in [0.717, 1.165) is 25.8 Å². The normalized spacial score (nSPS) is 16.3. The lowest BCUT2D eigenvalue weighted by molar-refractivity contribution is -0.145. The molecule has 3 aromatic rings. The summed E-state index contributed by atoms with van der Waals surface area (Å²) >= 11 is 2.90. The van der Waals surface area contributed by atoms with Gasteiger partial charge in [0, 0.05) is 4.90 Å². The lowest BCUT2D eigenvalue weighted by Crippen LogP contribution is -2.31. The van der Waals surface area contributed by atoms with Gasteiger partial charge >= 0.3 is 5.97 Å². The van der Waals surface area contributed by atoms with Crippen molar-refractivity contribution in [3.8, 4) is 0 Å². The quantitative estimate of drug-likeness (QED) is 0.707. The first-order valence-electron chi connectivity index (χ1n) is 7.76. The summed E-state index contributed by atoms with van der Waals surface area (Å²) < 4.78 is 6.37. The van der Waals surface area contributed by atoms with Crippen molar-refractivity contribution in [3.05, 3.63) is 53.5 Å². The molecule has 0 radical (unpaired) electrons. The van der Waals surface area contributed by atoms with Crippen LogP contribution in [0, 0.1) is 0 Å². The average Bonchev–Trinajstić information content (AvgIpc) is 3.03. The Balaban J connectivity index is 1.36. The number of esters is 1. The van der Waals surface area contributed by atoms with Crippen LogP contribution in [-0.4, -0.2) is 22.1 Å². The fourth-order valence-electron chi connectivity index (χ4n) is 2.56. The molecule has 0 aliphatic carbocycles. The number of hydrogen-bond donors (Lipinski definition) is 1. The van der Waals surface area contributed by atoms with Gasteiger partial charge in [-0.15, -0.1) is 23.1 Å². The summed E-state index contributed by atoms with van der Waals surface area (Å²) in [5.41, 5.74) is 1.69. The molecule has 1 atom stereocenters. The molecule has 25 heavy (non-hydrogen) atoms. The number of thiazole rings is 1. The number of carbonyl (C=O) groups is 2. The van der Waals surface area contributed by atoms with Crippen LogP contribution in [0.15, 0.2) is 53.4 Å². The molecular formula is C18H14N2O3S2. The largest absolute Gasteiger partial charge is 0.458 e. The lowest BCUT2D eigenvalue weighted by atomic mass is 10.2. The topological polar surface area (TPSA) is 68.3 Å². The number of thioether (sulfide) groups is 1. The Kier molecular flexibility index (Phi) is 4.42. The molecule has 1 aliphatic rings. The Bertz CT molecular complexity index is 921. The van der Waals surface area contributed by atoms with Crippen molar-refractivity contribution >= 4 is 50.9 Å². The van der Waals surface area contributed by atoms with Gasteiger partial charge in [0.25, 0.3) is 0 Å². The fourth-order valence-corrected chi connectivity index (χ4v) is 4.54. The predicted molar refractivity (Wildman–Crippen MR) is 98.7 cm³/mol. The van der Waals surface area contributed by atoms with E-state index in [1.54, 1.807) is 0 Å². The second-order valence-corrected chi connectivity index (χ2v) is 7.89. The van der Waals surface area contributed by atoms with E-state index < -0.39 is 11.2 Å². The van der Waals surface area contributed by atoms with E-state index in [4.69, 9.17) is 4.74 Å². The zero-order valence-corrected chi connectivity index (χ0v) is 14.7. The number of carbonyl (C=O) groups excluding carboxylic acids is 2. The molecule has 4 rings (SSSR count). The summed E-state index contributed by atoms with van der Waals surface area (Å²) in [5.74, 6) is -0.563. The summed E-state index contributed by atoms with van der Waals surface area (Å²) in [6.07, 6.45) is 0.0374. The number of hydrogen-bond acceptors (Lipinski definition) is 6. The zero-order chi connectivity index (χ0) is 17.2. The summed E-state index contributed by atoms with van der Waals surface area (Å²) in [6, 6.07) is 15.3. The first kappa shape index (κ1) is 16.1. The van der Waals surface area contributed by atoms with Crippen molar-refractivity contribution in [2.75, 3.05) is 5.32 Å². The number of amides is 1. The maximum atomic E-state index is 12.1. The van der Waals surface area contributed by atoms with Crippen LogP contribution in [0.1, 0.15) is 11.4 Å². The van der Waals surface area contributed by atoms with Crippen LogP contribution in [-0.2, 0) is 20.9 Å². The minimum atomic E-state index is -0.474. The molecule has 0 bridgehead atoms. The highest BCUT2D eigenvalue weighted by Gasteiger charge is 2.29. The number of anilines is 1. The number of nitrogens with one attached hydrogen (secondary N) is 1. The second kappa shape index (κ2) is 6.85.